The fourth-order valence-corrected chi connectivity index (χ4v) is 3.77. The number of ketones is 1. The second kappa shape index (κ2) is 7.58. The van der Waals surface area contributed by atoms with Gasteiger partial charge in [0.15, 0.2) is 6.20 Å². The normalized spacial score (nSPS) is 12.0. The van der Waals surface area contributed by atoms with Gasteiger partial charge in [-0.2, -0.15) is 4.57 Å². The lowest BCUT2D eigenvalue weighted by atomic mass is 9.72. The summed E-state index contributed by atoms with van der Waals surface area (Å²) >= 11 is 1.63. The van der Waals surface area contributed by atoms with Crippen LogP contribution in [0.5, 0.6) is 5.75 Å². The summed E-state index contributed by atoms with van der Waals surface area (Å²) in [6, 6.07) is 3.43. The fourth-order valence-electron chi connectivity index (χ4n) is 3.14. The summed E-state index contributed by atoms with van der Waals surface area (Å²) in [6.07, 6.45) is 1.99. The third-order valence-electron chi connectivity index (χ3n) is 4.03. The van der Waals surface area contributed by atoms with Gasteiger partial charge < -0.3 is 22.1 Å². The number of phenolic OH excluding ortho intramolecular Hbond substituents is 1. The van der Waals surface area contributed by atoms with Crippen LogP contribution in [0.2, 0.25) is 0 Å². The van der Waals surface area contributed by atoms with E-state index in [0.29, 0.717) is 12.1 Å². The number of hydrogen-bond donors (Lipinski definition) is 1. The van der Waals surface area contributed by atoms with Crippen LogP contribution in [0.25, 0.3) is 0 Å². The van der Waals surface area contributed by atoms with Gasteiger partial charge >= 0.3 is 0 Å². The van der Waals surface area contributed by atoms with E-state index in [2.05, 4.69) is 41.5 Å². The topological polar surface area (TPSA) is 41.2 Å². The minimum Gasteiger partial charge on any atom is -1.00 e. The zero-order valence-electron chi connectivity index (χ0n) is 16.1. The summed E-state index contributed by atoms with van der Waals surface area (Å²) in [5.74, 6) is 0.344. The van der Waals surface area contributed by atoms with Crippen LogP contribution in [0.1, 0.15) is 67.9 Å². The Morgan fingerprint density at radius 3 is 2.08 bits per heavy atom. The van der Waals surface area contributed by atoms with Crippen molar-refractivity contribution in [1.82, 2.24) is 0 Å². The zero-order valence-corrected chi connectivity index (χ0v) is 18.5. The molecule has 0 atom stereocenters. The molecule has 138 valence electrons. The van der Waals surface area contributed by atoms with Gasteiger partial charge in [-0.3, -0.25) is 4.79 Å². The molecule has 25 heavy (non-hydrogen) atoms. The molecule has 0 unspecified atom stereocenters. The number of phenols is 1. The number of rotatable bonds is 3. The molecular formula is C20H28BrNO2S. The number of Topliss-reactive ketones (excluding diaryl/α,β-unsaturated/α-hetero) is 1. The van der Waals surface area contributed by atoms with E-state index in [1.807, 2.05) is 23.2 Å². The summed E-state index contributed by atoms with van der Waals surface area (Å²) in [6.45, 7) is 14.8. The first kappa shape index (κ1) is 21.8. The van der Waals surface area contributed by atoms with Crippen molar-refractivity contribution in [3.05, 3.63) is 45.4 Å². The number of hydrogen-bond acceptors (Lipinski definition) is 3. The molecule has 3 nitrogen and oxygen atoms in total. The van der Waals surface area contributed by atoms with Gasteiger partial charge in [-0.1, -0.05) is 52.9 Å². The van der Waals surface area contributed by atoms with Gasteiger partial charge in [0.1, 0.15) is 5.75 Å². The molecule has 1 N–H and O–H groups in total. The van der Waals surface area contributed by atoms with Crippen LogP contribution in [0.15, 0.2) is 23.8 Å². The second-order valence-electron chi connectivity index (χ2n) is 8.44. The molecule has 0 bridgehead atoms. The highest BCUT2D eigenvalue weighted by atomic mass is 79.9. The van der Waals surface area contributed by atoms with Crippen LogP contribution in [-0.4, -0.2) is 10.9 Å². The van der Waals surface area contributed by atoms with Crippen LogP contribution in [0.4, 0.5) is 0 Å². The molecule has 0 amide bonds. The Hall–Kier alpha value is -1.20. The van der Waals surface area contributed by atoms with E-state index in [-0.39, 0.29) is 39.3 Å². The summed E-state index contributed by atoms with van der Waals surface area (Å²) < 4.78 is 1.93. The quantitative estimate of drug-likeness (QED) is 0.598. The summed E-state index contributed by atoms with van der Waals surface area (Å²) in [7, 11) is 0. The lowest BCUT2D eigenvalue weighted by Gasteiger charge is -2.32. The van der Waals surface area contributed by atoms with Crippen LogP contribution in [0.3, 0.4) is 0 Å². The highest BCUT2D eigenvalue weighted by molar-refractivity contribution is 7.09. The molecule has 2 rings (SSSR count). The number of benzene rings is 1. The Morgan fingerprint density at radius 1 is 1.08 bits per heavy atom. The van der Waals surface area contributed by atoms with Crippen molar-refractivity contribution in [1.29, 1.82) is 0 Å². The second-order valence-corrected chi connectivity index (χ2v) is 9.53. The maximum Gasteiger partial charge on any atom is 0.227 e. The Kier molecular flexibility index (Phi) is 6.63. The average molecular weight is 426 g/mol. The first-order chi connectivity index (χ1) is 10.9. The number of carbonyl (C=O) groups is 1. The smallest absolute Gasteiger partial charge is 0.227 e. The Labute approximate surface area is 165 Å². The summed E-state index contributed by atoms with van der Waals surface area (Å²) in [4.78, 5) is 14.2. The van der Waals surface area contributed by atoms with Gasteiger partial charge in [-0.25, -0.2) is 0 Å². The predicted molar refractivity (Wildman–Crippen MR) is 99.1 cm³/mol. The summed E-state index contributed by atoms with van der Waals surface area (Å²) in [5.41, 5.74) is 4.02. The van der Waals surface area contributed by atoms with E-state index >= 15 is 0 Å². The molecule has 0 aliphatic heterocycles. The third-order valence-corrected chi connectivity index (χ3v) is 4.88. The van der Waals surface area contributed by atoms with Crippen molar-refractivity contribution in [2.24, 2.45) is 0 Å². The molecule has 1 heterocycles. The van der Waals surface area contributed by atoms with Crippen molar-refractivity contribution in [2.75, 3.05) is 0 Å². The number of thiazole rings is 1. The number of aryl methyl sites for hydroxylation is 1. The first-order valence-electron chi connectivity index (χ1n) is 8.25. The lowest BCUT2D eigenvalue weighted by Crippen LogP contribution is -3.00. The minimum absolute atomic E-state index is 0. The van der Waals surface area contributed by atoms with Gasteiger partial charge in [0.2, 0.25) is 17.8 Å². The monoisotopic (exact) mass is 425 g/mol. The van der Waals surface area contributed by atoms with Crippen LogP contribution < -0.4 is 21.5 Å². The number of nitrogens with zero attached hydrogens (tertiary/aromatic N) is 1. The maximum absolute atomic E-state index is 13.0. The van der Waals surface area contributed by atoms with Crippen molar-refractivity contribution in [3.63, 3.8) is 0 Å². The highest BCUT2D eigenvalue weighted by Gasteiger charge is 2.33. The molecule has 2 aromatic rings. The van der Waals surface area contributed by atoms with E-state index in [0.717, 1.165) is 11.1 Å². The largest absolute Gasteiger partial charge is 1.00 e. The van der Waals surface area contributed by atoms with Crippen molar-refractivity contribution in [3.8, 4) is 5.75 Å². The van der Waals surface area contributed by atoms with Crippen molar-refractivity contribution in [2.45, 2.75) is 65.8 Å². The highest BCUT2D eigenvalue weighted by Crippen LogP contribution is 2.41. The van der Waals surface area contributed by atoms with Crippen molar-refractivity contribution < 1.29 is 31.4 Å². The van der Waals surface area contributed by atoms with E-state index in [1.54, 1.807) is 23.5 Å². The number of carbonyl (C=O) groups excluding carboxylic acids is 1. The molecule has 0 radical (unpaired) electrons. The van der Waals surface area contributed by atoms with E-state index in [9.17, 15) is 9.90 Å². The van der Waals surface area contributed by atoms with Gasteiger partial charge in [0.25, 0.3) is 0 Å². The maximum atomic E-state index is 13.0. The van der Waals surface area contributed by atoms with Gasteiger partial charge in [0.05, 0.1) is 4.88 Å². The van der Waals surface area contributed by atoms with Crippen molar-refractivity contribution >= 4 is 17.1 Å². The zero-order chi connectivity index (χ0) is 18.3. The molecule has 0 saturated carbocycles. The lowest BCUT2D eigenvalue weighted by molar-refractivity contribution is -0.678. The van der Waals surface area contributed by atoms with Crippen LogP contribution in [-0.2, 0) is 17.4 Å². The minimum atomic E-state index is -0.241. The third kappa shape index (κ3) is 4.91. The molecule has 1 aromatic carbocycles. The predicted octanol–water partition coefficient (Wildman–Crippen LogP) is 1.53. The van der Waals surface area contributed by atoms with Gasteiger partial charge in [-0.15, -0.1) is 0 Å². The van der Waals surface area contributed by atoms with E-state index in [4.69, 9.17) is 0 Å². The number of aromatic hydroxyl groups is 1. The average Bonchev–Trinajstić information content (AvgIpc) is 2.81. The van der Waals surface area contributed by atoms with E-state index in [1.165, 1.54) is 4.88 Å². The molecule has 5 heteroatoms. The molecular weight excluding hydrogens is 398 g/mol. The van der Waals surface area contributed by atoms with E-state index < -0.39 is 0 Å². The molecule has 0 saturated heterocycles. The standard InChI is InChI=1S/C20H27NO2S.BrH/c1-13-10-21(12-24-13)11-16(23)14-8-9-15(22)18(20(5,6)7)17(14)19(2,3)4;/h8-10,12H,11H2,1-7H3;1H. The molecule has 0 spiro atoms. The molecule has 0 aliphatic rings. The van der Waals surface area contributed by atoms with Crippen LogP contribution in [0, 0.1) is 6.92 Å². The number of halogens is 1. The molecule has 0 fully saturated rings. The molecule has 1 aromatic heterocycles. The van der Waals surface area contributed by atoms with Crippen LogP contribution >= 0.6 is 11.3 Å². The molecule has 0 aliphatic carbocycles. The Bertz CT molecular complexity index is 767. The SMILES string of the molecule is Cc1c[n+](CC(=O)c2ccc(O)c(C(C)(C)C)c2C(C)(C)C)cs1.[Br-]. The fraction of sp³-hybridized carbons (Fsp3) is 0.500. The van der Waals surface area contributed by atoms with Gasteiger partial charge in [0, 0.05) is 11.1 Å². The number of aromatic nitrogens is 1. The first-order valence-corrected chi connectivity index (χ1v) is 9.13. The Morgan fingerprint density at radius 2 is 1.64 bits per heavy atom. The Balaban J connectivity index is 0.00000312. The van der Waals surface area contributed by atoms with Gasteiger partial charge in [-0.05, 0) is 35.4 Å². The summed E-state index contributed by atoms with van der Waals surface area (Å²) in [5, 5.41) is 10.5.